The van der Waals surface area contributed by atoms with Crippen LogP contribution in [0.5, 0.6) is 0 Å². The average Bonchev–Trinajstić information content (AvgIpc) is 2.55. The minimum Gasteiger partial charge on any atom is -0.321 e. The molecule has 5 heteroatoms. The van der Waals surface area contributed by atoms with Gasteiger partial charge in [-0.05, 0) is 30.3 Å². The van der Waals surface area contributed by atoms with Gasteiger partial charge in [-0.3, -0.25) is 9.78 Å². The van der Waals surface area contributed by atoms with E-state index in [0.717, 1.165) is 20.9 Å². The molecule has 0 atom stereocenters. The number of hydrogen-bond acceptors (Lipinski definition) is 2. The van der Waals surface area contributed by atoms with Gasteiger partial charge >= 0.3 is 0 Å². The number of fused-ring (bicyclic) bond motifs is 1. The number of carbonyl (C=O) groups excluding carboxylic acids is 1. The van der Waals surface area contributed by atoms with Crippen molar-refractivity contribution in [3.05, 3.63) is 75.9 Å². The van der Waals surface area contributed by atoms with Crippen molar-refractivity contribution in [1.82, 2.24) is 4.98 Å². The monoisotopic (exact) mass is 386 g/mol. The Balaban J connectivity index is 1.80. The first-order chi connectivity index (χ1) is 11.1. The van der Waals surface area contributed by atoms with E-state index in [4.69, 9.17) is 11.6 Å². The zero-order chi connectivity index (χ0) is 16.2. The molecule has 0 aliphatic rings. The summed E-state index contributed by atoms with van der Waals surface area (Å²) in [6.07, 6.45) is 4.96. The summed E-state index contributed by atoms with van der Waals surface area (Å²) in [6.45, 7) is 0. The van der Waals surface area contributed by atoms with Crippen molar-refractivity contribution in [2.45, 2.75) is 0 Å². The maximum Gasteiger partial charge on any atom is 0.248 e. The summed E-state index contributed by atoms with van der Waals surface area (Å²) in [5.41, 5.74) is 2.32. The van der Waals surface area contributed by atoms with Crippen molar-refractivity contribution in [1.29, 1.82) is 0 Å². The van der Waals surface area contributed by atoms with Crippen LogP contribution in [0.3, 0.4) is 0 Å². The first-order valence-electron chi connectivity index (χ1n) is 6.91. The molecule has 3 nitrogen and oxygen atoms in total. The molecule has 1 heterocycles. The number of halogens is 2. The van der Waals surface area contributed by atoms with Gasteiger partial charge in [-0.2, -0.15) is 0 Å². The van der Waals surface area contributed by atoms with Crippen molar-refractivity contribution in [3.63, 3.8) is 0 Å². The van der Waals surface area contributed by atoms with Crippen LogP contribution in [0.15, 0.2) is 65.3 Å². The molecule has 0 spiro atoms. The number of rotatable bonds is 3. The van der Waals surface area contributed by atoms with Crippen LogP contribution in [0.25, 0.3) is 17.0 Å². The largest absolute Gasteiger partial charge is 0.321 e. The molecule has 0 fully saturated rings. The molecule has 1 N–H and O–H groups in total. The van der Waals surface area contributed by atoms with E-state index in [1.165, 1.54) is 6.08 Å². The maximum absolute atomic E-state index is 12.1. The van der Waals surface area contributed by atoms with Crippen LogP contribution in [0.4, 0.5) is 5.69 Å². The van der Waals surface area contributed by atoms with E-state index in [-0.39, 0.29) is 5.91 Å². The van der Waals surface area contributed by atoms with Crippen molar-refractivity contribution in [2.24, 2.45) is 0 Å². The normalized spacial score (nSPS) is 11.0. The van der Waals surface area contributed by atoms with Crippen LogP contribution in [-0.4, -0.2) is 10.9 Å². The number of aromatic nitrogens is 1. The number of nitrogens with one attached hydrogen (secondary N) is 1. The maximum atomic E-state index is 12.1. The molecule has 0 radical (unpaired) electrons. The van der Waals surface area contributed by atoms with Gasteiger partial charge in [-0.25, -0.2) is 0 Å². The van der Waals surface area contributed by atoms with Gasteiger partial charge in [0.25, 0.3) is 0 Å². The molecule has 3 aromatic rings. The minimum absolute atomic E-state index is 0.248. The molecular weight excluding hydrogens is 376 g/mol. The second-order valence-corrected chi connectivity index (χ2v) is 6.19. The number of carbonyl (C=O) groups is 1. The van der Waals surface area contributed by atoms with Crippen LogP contribution in [0.1, 0.15) is 5.56 Å². The third-order valence-corrected chi connectivity index (χ3v) is 4.07. The molecule has 23 heavy (non-hydrogen) atoms. The first-order valence-corrected chi connectivity index (χ1v) is 8.08. The molecule has 1 amide bonds. The van der Waals surface area contributed by atoms with E-state index in [1.807, 2.05) is 36.4 Å². The lowest BCUT2D eigenvalue weighted by Gasteiger charge is -2.05. The standard InChI is InChI=1S/C18H12BrClN2O/c19-14-7-8-16(15(20)11-14)22-17(23)9-6-13-4-1-3-12-5-2-10-21-18(12)13/h1-11H,(H,22,23)/b9-6+. The van der Waals surface area contributed by atoms with Crippen molar-refractivity contribution in [2.75, 3.05) is 5.32 Å². The number of amides is 1. The quantitative estimate of drug-likeness (QED) is 0.619. The second kappa shape index (κ2) is 6.94. The highest BCUT2D eigenvalue weighted by Gasteiger charge is 2.04. The van der Waals surface area contributed by atoms with E-state index in [1.54, 1.807) is 24.4 Å². The lowest BCUT2D eigenvalue weighted by molar-refractivity contribution is -0.111. The molecule has 0 aliphatic heterocycles. The van der Waals surface area contributed by atoms with Crippen LogP contribution in [0.2, 0.25) is 5.02 Å². The Labute approximate surface area is 147 Å². The van der Waals surface area contributed by atoms with E-state index in [2.05, 4.69) is 26.2 Å². The Morgan fingerprint density at radius 2 is 2.00 bits per heavy atom. The van der Waals surface area contributed by atoms with Crippen molar-refractivity contribution in [3.8, 4) is 0 Å². The molecule has 114 valence electrons. The van der Waals surface area contributed by atoms with Gasteiger partial charge in [0.15, 0.2) is 0 Å². The number of nitrogens with zero attached hydrogens (tertiary/aromatic N) is 1. The fourth-order valence-electron chi connectivity index (χ4n) is 2.19. The SMILES string of the molecule is O=C(/C=C/c1cccc2cccnc12)Nc1ccc(Br)cc1Cl. The number of benzene rings is 2. The third kappa shape index (κ3) is 3.78. The van der Waals surface area contributed by atoms with Crippen LogP contribution < -0.4 is 5.32 Å². The van der Waals surface area contributed by atoms with Crippen molar-refractivity contribution >= 4 is 56.1 Å². The average molecular weight is 388 g/mol. The lowest BCUT2D eigenvalue weighted by atomic mass is 10.1. The molecule has 2 aromatic carbocycles. The number of anilines is 1. The number of para-hydroxylation sites is 1. The number of pyridine rings is 1. The highest BCUT2D eigenvalue weighted by molar-refractivity contribution is 9.10. The molecule has 0 bridgehead atoms. The zero-order valence-electron chi connectivity index (χ0n) is 12.0. The van der Waals surface area contributed by atoms with Crippen LogP contribution in [0, 0.1) is 0 Å². The molecular formula is C18H12BrClN2O. The Hall–Kier alpha value is -2.17. The Kier molecular flexibility index (Phi) is 4.74. The smallest absolute Gasteiger partial charge is 0.248 e. The minimum atomic E-state index is -0.248. The van der Waals surface area contributed by atoms with Crippen molar-refractivity contribution < 1.29 is 4.79 Å². The third-order valence-electron chi connectivity index (χ3n) is 3.27. The molecule has 3 rings (SSSR count). The van der Waals surface area contributed by atoms with Gasteiger partial charge in [0.05, 0.1) is 16.2 Å². The lowest BCUT2D eigenvalue weighted by Crippen LogP contribution is -2.08. The predicted molar refractivity (Wildman–Crippen MR) is 98.6 cm³/mol. The Bertz CT molecular complexity index is 903. The summed E-state index contributed by atoms with van der Waals surface area (Å²) < 4.78 is 0.859. The number of hydrogen-bond donors (Lipinski definition) is 1. The zero-order valence-corrected chi connectivity index (χ0v) is 14.3. The first kappa shape index (κ1) is 15.7. The molecule has 1 aromatic heterocycles. The van der Waals surface area contributed by atoms with E-state index in [0.29, 0.717) is 10.7 Å². The summed E-state index contributed by atoms with van der Waals surface area (Å²) in [7, 11) is 0. The molecule has 0 saturated heterocycles. The molecule has 0 unspecified atom stereocenters. The van der Waals surface area contributed by atoms with Crippen LogP contribution >= 0.6 is 27.5 Å². The summed E-state index contributed by atoms with van der Waals surface area (Å²) in [6, 6.07) is 15.0. The van der Waals surface area contributed by atoms with E-state index >= 15 is 0 Å². The van der Waals surface area contributed by atoms with Gasteiger partial charge < -0.3 is 5.32 Å². The summed E-state index contributed by atoms with van der Waals surface area (Å²) in [4.78, 5) is 16.4. The Morgan fingerprint density at radius 1 is 1.17 bits per heavy atom. The highest BCUT2D eigenvalue weighted by atomic mass is 79.9. The Morgan fingerprint density at radius 3 is 2.83 bits per heavy atom. The fourth-order valence-corrected chi connectivity index (χ4v) is 2.91. The summed E-state index contributed by atoms with van der Waals surface area (Å²) >= 11 is 9.42. The topological polar surface area (TPSA) is 42.0 Å². The summed E-state index contributed by atoms with van der Waals surface area (Å²) in [5.74, 6) is -0.248. The highest BCUT2D eigenvalue weighted by Crippen LogP contribution is 2.25. The van der Waals surface area contributed by atoms with Gasteiger partial charge in [0, 0.05) is 27.7 Å². The summed E-state index contributed by atoms with van der Waals surface area (Å²) in [5, 5.41) is 4.27. The second-order valence-electron chi connectivity index (χ2n) is 4.87. The van der Waals surface area contributed by atoms with Crippen LogP contribution in [-0.2, 0) is 4.79 Å². The molecule has 0 saturated carbocycles. The van der Waals surface area contributed by atoms with Gasteiger partial charge in [-0.15, -0.1) is 0 Å². The molecule has 0 aliphatic carbocycles. The fraction of sp³-hybridized carbons (Fsp3) is 0. The van der Waals surface area contributed by atoms with Gasteiger partial charge in [0.1, 0.15) is 0 Å². The predicted octanol–water partition coefficient (Wildman–Crippen LogP) is 5.30. The van der Waals surface area contributed by atoms with E-state index in [9.17, 15) is 4.79 Å². The van der Waals surface area contributed by atoms with Gasteiger partial charge in [-0.1, -0.05) is 51.8 Å². The van der Waals surface area contributed by atoms with E-state index < -0.39 is 0 Å². The van der Waals surface area contributed by atoms with Gasteiger partial charge in [0.2, 0.25) is 5.91 Å².